The summed E-state index contributed by atoms with van der Waals surface area (Å²) in [7, 11) is 0. The second kappa shape index (κ2) is 6.41. The van der Waals surface area contributed by atoms with E-state index in [2.05, 4.69) is 5.32 Å². The van der Waals surface area contributed by atoms with Gasteiger partial charge in [0.05, 0.1) is 0 Å². The van der Waals surface area contributed by atoms with Crippen LogP contribution in [0.4, 0.5) is 4.79 Å². The highest BCUT2D eigenvalue weighted by Gasteiger charge is 2.48. The van der Waals surface area contributed by atoms with Gasteiger partial charge in [-0.05, 0) is 34.6 Å². The normalized spacial score (nSPS) is 18.5. The van der Waals surface area contributed by atoms with Gasteiger partial charge in [-0.1, -0.05) is 0 Å². The molecule has 136 valence electrons. The smallest absolute Gasteiger partial charge is 0.408 e. The molecule has 0 unspecified atom stereocenters. The van der Waals surface area contributed by atoms with Crippen molar-refractivity contribution in [1.29, 1.82) is 0 Å². The number of carbonyl (C=O) groups is 4. The van der Waals surface area contributed by atoms with Crippen LogP contribution in [0.5, 0.6) is 0 Å². The molecule has 1 aliphatic rings. The van der Waals surface area contributed by atoms with Crippen LogP contribution >= 0.6 is 0 Å². The average Bonchev–Trinajstić information content (AvgIpc) is 2.19. The molecule has 0 spiro atoms. The predicted octanol–water partition coefficient (Wildman–Crippen LogP) is 1.70. The largest absolute Gasteiger partial charge is 0.443 e. The zero-order valence-electron chi connectivity index (χ0n) is 15.1. The van der Waals surface area contributed by atoms with Crippen molar-refractivity contribution in [2.75, 3.05) is 0 Å². The highest BCUT2D eigenvalue weighted by Crippen LogP contribution is 2.27. The number of ketones is 1. The lowest BCUT2D eigenvalue weighted by molar-refractivity contribution is -0.238. The summed E-state index contributed by atoms with van der Waals surface area (Å²) in [4.78, 5) is 47.9. The molecule has 0 bridgehead atoms. The van der Waals surface area contributed by atoms with Gasteiger partial charge in [-0.3, -0.25) is 14.4 Å². The van der Waals surface area contributed by atoms with E-state index < -0.39 is 46.7 Å². The second-order valence-corrected chi connectivity index (χ2v) is 7.84. The van der Waals surface area contributed by atoms with Gasteiger partial charge in [0.2, 0.25) is 5.92 Å². The lowest BCUT2D eigenvalue weighted by atomic mass is 9.92. The first-order chi connectivity index (χ1) is 10.6. The Labute approximate surface area is 141 Å². The molecule has 0 saturated carbocycles. The summed E-state index contributed by atoms with van der Waals surface area (Å²) in [5.41, 5.74) is -1.71. The Balaban J connectivity index is 2.74. The van der Waals surface area contributed by atoms with Gasteiger partial charge < -0.3 is 19.5 Å². The Morgan fingerprint density at radius 3 is 1.96 bits per heavy atom. The molecule has 1 N–H and O–H groups in total. The summed E-state index contributed by atoms with van der Waals surface area (Å²) in [6.07, 6.45) is -1.03. The van der Waals surface area contributed by atoms with E-state index in [-0.39, 0.29) is 6.42 Å². The summed E-state index contributed by atoms with van der Waals surface area (Å²) in [5, 5.41) is 2.60. The molecular formula is C16H25NO7. The summed E-state index contributed by atoms with van der Waals surface area (Å²) < 4.78 is 15.0. The number of amides is 1. The fourth-order valence-electron chi connectivity index (χ4n) is 2.12. The predicted molar refractivity (Wildman–Crippen MR) is 82.8 cm³/mol. The number of esters is 2. The van der Waals surface area contributed by atoms with Gasteiger partial charge in [-0.2, -0.15) is 0 Å². The first-order valence-corrected chi connectivity index (χ1v) is 7.61. The number of Topliss-reactive ketones (excluding diaryl/α,β-unsaturated/α-hetero) is 1. The Bertz CT molecular complexity index is 537. The maximum Gasteiger partial charge on any atom is 0.408 e. The van der Waals surface area contributed by atoms with Gasteiger partial charge >= 0.3 is 18.0 Å². The molecule has 1 saturated heterocycles. The van der Waals surface area contributed by atoms with Crippen molar-refractivity contribution in [3.8, 4) is 0 Å². The monoisotopic (exact) mass is 343 g/mol. The molecular weight excluding hydrogens is 318 g/mol. The summed E-state index contributed by atoms with van der Waals surface area (Å²) >= 11 is 0. The van der Waals surface area contributed by atoms with Crippen molar-refractivity contribution in [2.24, 2.45) is 5.92 Å². The van der Waals surface area contributed by atoms with E-state index in [4.69, 9.17) is 14.2 Å². The second-order valence-electron chi connectivity index (χ2n) is 7.84. The molecule has 8 nitrogen and oxygen atoms in total. The molecule has 0 aromatic carbocycles. The van der Waals surface area contributed by atoms with Crippen LogP contribution in [0.25, 0.3) is 0 Å². The van der Waals surface area contributed by atoms with E-state index in [1.165, 1.54) is 27.7 Å². The van der Waals surface area contributed by atoms with E-state index in [0.29, 0.717) is 0 Å². The quantitative estimate of drug-likeness (QED) is 0.611. The van der Waals surface area contributed by atoms with Crippen molar-refractivity contribution in [3.63, 3.8) is 0 Å². The number of hydrogen-bond donors (Lipinski definition) is 1. The third-order valence-electron chi connectivity index (χ3n) is 2.93. The number of cyclic esters (lactones) is 2. The lowest BCUT2D eigenvalue weighted by Crippen LogP contribution is -2.50. The van der Waals surface area contributed by atoms with Crippen LogP contribution in [0.1, 0.15) is 54.9 Å². The number of rotatable bonds is 4. The Morgan fingerprint density at radius 1 is 1.08 bits per heavy atom. The minimum Gasteiger partial charge on any atom is -0.443 e. The zero-order chi connectivity index (χ0) is 18.9. The number of alkyl carbamates (subject to hydrolysis) is 1. The van der Waals surface area contributed by atoms with Crippen molar-refractivity contribution in [2.45, 2.75) is 71.8 Å². The average molecular weight is 343 g/mol. The van der Waals surface area contributed by atoms with E-state index in [9.17, 15) is 19.2 Å². The van der Waals surface area contributed by atoms with Crippen LogP contribution in [0.2, 0.25) is 0 Å². The molecule has 0 atom stereocenters. The van der Waals surface area contributed by atoms with E-state index in [0.717, 1.165) is 0 Å². The SMILES string of the molecule is CC(C)(C)NC(=O)OC(C)(C)CC(=O)C1C(=O)OC(C)(C)OC1=O. The van der Waals surface area contributed by atoms with Gasteiger partial charge in [-0.15, -0.1) is 0 Å². The maximum atomic E-state index is 12.3. The van der Waals surface area contributed by atoms with Gasteiger partial charge in [-0.25, -0.2) is 4.79 Å². The number of hydrogen-bond acceptors (Lipinski definition) is 7. The van der Waals surface area contributed by atoms with Gasteiger partial charge in [0.25, 0.3) is 5.79 Å². The summed E-state index contributed by atoms with van der Waals surface area (Å²) in [5.74, 6) is -5.71. The zero-order valence-corrected chi connectivity index (χ0v) is 15.1. The van der Waals surface area contributed by atoms with E-state index in [1.54, 1.807) is 20.8 Å². The molecule has 1 aliphatic heterocycles. The first kappa shape index (κ1) is 19.9. The Kier molecular flexibility index (Phi) is 5.32. The highest BCUT2D eigenvalue weighted by molar-refractivity contribution is 6.16. The summed E-state index contributed by atoms with van der Waals surface area (Å²) in [6.45, 7) is 11.2. The third-order valence-corrected chi connectivity index (χ3v) is 2.93. The topological polar surface area (TPSA) is 108 Å². The van der Waals surface area contributed by atoms with Gasteiger partial charge in [0.1, 0.15) is 5.60 Å². The fourth-order valence-corrected chi connectivity index (χ4v) is 2.12. The van der Waals surface area contributed by atoms with Crippen molar-refractivity contribution < 1.29 is 33.4 Å². The van der Waals surface area contributed by atoms with Crippen LogP contribution in [-0.4, -0.2) is 40.7 Å². The third kappa shape index (κ3) is 5.82. The van der Waals surface area contributed by atoms with Crippen molar-refractivity contribution >= 4 is 23.8 Å². The van der Waals surface area contributed by atoms with Crippen LogP contribution in [0.3, 0.4) is 0 Å². The van der Waals surface area contributed by atoms with Crippen LogP contribution in [-0.2, 0) is 28.6 Å². The van der Waals surface area contributed by atoms with Crippen LogP contribution < -0.4 is 5.32 Å². The maximum absolute atomic E-state index is 12.3. The molecule has 0 radical (unpaired) electrons. The summed E-state index contributed by atoms with van der Waals surface area (Å²) in [6, 6.07) is 0. The molecule has 0 aliphatic carbocycles. The molecule has 1 rings (SSSR count). The minimum absolute atomic E-state index is 0.333. The molecule has 1 heterocycles. The van der Waals surface area contributed by atoms with Gasteiger partial charge in [0, 0.05) is 25.8 Å². The fraction of sp³-hybridized carbons (Fsp3) is 0.750. The van der Waals surface area contributed by atoms with E-state index in [1.807, 2.05) is 0 Å². The molecule has 0 aromatic rings. The molecule has 24 heavy (non-hydrogen) atoms. The number of carbonyl (C=O) groups excluding carboxylic acids is 4. The number of nitrogens with one attached hydrogen (secondary N) is 1. The molecule has 0 aromatic heterocycles. The Hall–Kier alpha value is -2.12. The lowest BCUT2D eigenvalue weighted by Gasteiger charge is -2.33. The molecule has 8 heteroatoms. The Morgan fingerprint density at radius 2 is 1.54 bits per heavy atom. The van der Waals surface area contributed by atoms with Crippen molar-refractivity contribution in [1.82, 2.24) is 5.32 Å². The first-order valence-electron chi connectivity index (χ1n) is 7.61. The minimum atomic E-state index is -1.66. The standard InChI is InChI=1S/C16H25NO7/c1-14(2,3)17-13(21)24-15(4,5)8-9(18)10-11(19)22-16(6,7)23-12(10)20/h10H,8H2,1-7H3,(H,17,21). The van der Waals surface area contributed by atoms with Crippen molar-refractivity contribution in [3.05, 3.63) is 0 Å². The van der Waals surface area contributed by atoms with Gasteiger partial charge in [0.15, 0.2) is 5.78 Å². The van der Waals surface area contributed by atoms with E-state index >= 15 is 0 Å². The molecule has 1 amide bonds. The number of ether oxygens (including phenoxy) is 3. The molecule has 1 fully saturated rings. The highest BCUT2D eigenvalue weighted by atomic mass is 16.7. The van der Waals surface area contributed by atoms with Crippen LogP contribution in [0.15, 0.2) is 0 Å². The van der Waals surface area contributed by atoms with Crippen LogP contribution in [0, 0.1) is 5.92 Å².